The standard InChI is InChI=1S/C26H23N5O3/c1-16-5-8-18(9-6-16)15-31-23(27)20(25(32)28-13-19-4-3-11-34-19)12-21-24(31)29-22-10-7-17(2)14-30(22)26(21)33/h3-12,14,27H,13,15H2,1-2H3,(H,28,32). The van der Waals surface area contributed by atoms with Crippen molar-refractivity contribution in [1.29, 1.82) is 5.41 Å². The van der Waals surface area contributed by atoms with Crippen molar-refractivity contribution < 1.29 is 9.21 Å². The Morgan fingerprint density at radius 2 is 1.85 bits per heavy atom. The first kappa shape index (κ1) is 21.4. The van der Waals surface area contributed by atoms with E-state index in [4.69, 9.17) is 14.8 Å². The van der Waals surface area contributed by atoms with Crippen LogP contribution >= 0.6 is 0 Å². The number of furan rings is 1. The molecule has 0 atom stereocenters. The van der Waals surface area contributed by atoms with Gasteiger partial charge in [-0.3, -0.25) is 19.4 Å². The molecule has 170 valence electrons. The molecule has 8 heteroatoms. The SMILES string of the molecule is Cc1ccc(Cn2c(=N)c(C(=O)NCc3ccco3)cc3c(=O)n4cc(C)ccc4nc32)cc1. The van der Waals surface area contributed by atoms with Crippen molar-refractivity contribution in [2.45, 2.75) is 26.9 Å². The first-order chi connectivity index (χ1) is 16.4. The molecule has 0 saturated heterocycles. The molecule has 5 rings (SSSR count). The summed E-state index contributed by atoms with van der Waals surface area (Å²) in [7, 11) is 0. The topological polar surface area (TPSA) is 105 Å². The van der Waals surface area contributed by atoms with Gasteiger partial charge in [0.05, 0.1) is 30.3 Å². The minimum Gasteiger partial charge on any atom is -0.467 e. The van der Waals surface area contributed by atoms with Crippen LogP contribution in [0.5, 0.6) is 0 Å². The molecular weight excluding hydrogens is 430 g/mol. The predicted octanol–water partition coefficient (Wildman–Crippen LogP) is 3.32. The van der Waals surface area contributed by atoms with Crippen molar-refractivity contribution >= 4 is 22.6 Å². The van der Waals surface area contributed by atoms with Gasteiger partial charge in [-0.1, -0.05) is 35.9 Å². The van der Waals surface area contributed by atoms with Crippen molar-refractivity contribution in [2.24, 2.45) is 0 Å². The Morgan fingerprint density at radius 1 is 1.09 bits per heavy atom. The Bertz CT molecular complexity index is 1650. The van der Waals surface area contributed by atoms with Gasteiger partial charge < -0.3 is 14.3 Å². The fourth-order valence-electron chi connectivity index (χ4n) is 3.92. The second-order valence-corrected chi connectivity index (χ2v) is 8.33. The zero-order valence-electron chi connectivity index (χ0n) is 18.8. The van der Waals surface area contributed by atoms with E-state index in [0.29, 0.717) is 23.6 Å². The van der Waals surface area contributed by atoms with Crippen LogP contribution in [0.2, 0.25) is 0 Å². The molecule has 4 heterocycles. The van der Waals surface area contributed by atoms with Crippen LogP contribution in [0.15, 0.2) is 76.3 Å². The van der Waals surface area contributed by atoms with E-state index in [1.165, 1.54) is 16.7 Å². The van der Waals surface area contributed by atoms with Gasteiger partial charge in [0.2, 0.25) is 0 Å². The lowest BCUT2D eigenvalue weighted by molar-refractivity contribution is 0.0945. The Morgan fingerprint density at radius 3 is 2.59 bits per heavy atom. The highest BCUT2D eigenvalue weighted by molar-refractivity contribution is 5.96. The number of nitrogens with one attached hydrogen (secondary N) is 2. The van der Waals surface area contributed by atoms with E-state index in [0.717, 1.165) is 16.7 Å². The average Bonchev–Trinajstić information content (AvgIpc) is 3.35. The van der Waals surface area contributed by atoms with E-state index in [-0.39, 0.29) is 28.5 Å². The van der Waals surface area contributed by atoms with Gasteiger partial charge >= 0.3 is 0 Å². The summed E-state index contributed by atoms with van der Waals surface area (Å²) in [6, 6.07) is 16.5. The van der Waals surface area contributed by atoms with Crippen LogP contribution in [0.3, 0.4) is 0 Å². The van der Waals surface area contributed by atoms with Gasteiger partial charge in [0.15, 0.2) is 0 Å². The molecule has 1 aromatic carbocycles. The highest BCUT2D eigenvalue weighted by atomic mass is 16.3. The lowest BCUT2D eigenvalue weighted by Gasteiger charge is -2.15. The van der Waals surface area contributed by atoms with Crippen LogP contribution in [-0.2, 0) is 13.1 Å². The quantitative estimate of drug-likeness (QED) is 0.398. The van der Waals surface area contributed by atoms with E-state index in [1.807, 2.05) is 44.2 Å². The van der Waals surface area contributed by atoms with Crippen molar-refractivity contribution in [1.82, 2.24) is 19.3 Å². The second kappa shape index (κ2) is 8.47. The number of benzene rings is 1. The molecule has 0 fully saturated rings. The summed E-state index contributed by atoms with van der Waals surface area (Å²) < 4.78 is 8.37. The third-order valence-corrected chi connectivity index (χ3v) is 5.76. The maximum Gasteiger partial charge on any atom is 0.267 e. The van der Waals surface area contributed by atoms with Gasteiger partial charge in [0, 0.05) is 6.20 Å². The number of amides is 1. The first-order valence-electron chi connectivity index (χ1n) is 10.9. The van der Waals surface area contributed by atoms with Gasteiger partial charge in [-0.05, 0) is 49.2 Å². The Balaban J connectivity index is 1.70. The maximum absolute atomic E-state index is 13.4. The number of rotatable bonds is 5. The third-order valence-electron chi connectivity index (χ3n) is 5.76. The molecule has 34 heavy (non-hydrogen) atoms. The molecule has 0 aliphatic heterocycles. The molecule has 4 aromatic heterocycles. The van der Waals surface area contributed by atoms with Gasteiger partial charge in [-0.25, -0.2) is 4.98 Å². The number of hydrogen-bond acceptors (Lipinski definition) is 5. The summed E-state index contributed by atoms with van der Waals surface area (Å²) in [4.78, 5) is 31.2. The zero-order chi connectivity index (χ0) is 23.8. The van der Waals surface area contributed by atoms with Crippen LogP contribution in [0, 0.1) is 19.3 Å². The second-order valence-electron chi connectivity index (χ2n) is 8.33. The van der Waals surface area contributed by atoms with Crippen molar-refractivity contribution in [2.75, 3.05) is 0 Å². The first-order valence-corrected chi connectivity index (χ1v) is 10.9. The molecule has 0 radical (unpaired) electrons. The molecule has 0 saturated carbocycles. The molecular formula is C26H23N5O3. The predicted molar refractivity (Wildman–Crippen MR) is 128 cm³/mol. The third kappa shape index (κ3) is 3.90. The molecule has 0 bridgehead atoms. The molecule has 8 nitrogen and oxygen atoms in total. The molecule has 2 N–H and O–H groups in total. The summed E-state index contributed by atoms with van der Waals surface area (Å²) in [5.41, 5.74) is 3.60. The van der Waals surface area contributed by atoms with E-state index in [1.54, 1.807) is 29.0 Å². The normalized spacial score (nSPS) is 11.2. The number of carbonyl (C=O) groups excluding carboxylic acids is 1. The number of carbonyl (C=O) groups is 1. The smallest absolute Gasteiger partial charge is 0.267 e. The maximum atomic E-state index is 13.4. The number of hydrogen-bond donors (Lipinski definition) is 2. The van der Waals surface area contributed by atoms with Crippen LogP contribution < -0.4 is 16.4 Å². The van der Waals surface area contributed by atoms with Crippen LogP contribution in [0.4, 0.5) is 0 Å². The van der Waals surface area contributed by atoms with E-state index < -0.39 is 5.91 Å². The highest BCUT2D eigenvalue weighted by Gasteiger charge is 2.18. The fourth-order valence-corrected chi connectivity index (χ4v) is 3.92. The summed E-state index contributed by atoms with van der Waals surface area (Å²) in [6.07, 6.45) is 3.25. The van der Waals surface area contributed by atoms with E-state index in [2.05, 4.69) is 5.32 Å². The monoisotopic (exact) mass is 453 g/mol. The van der Waals surface area contributed by atoms with Crippen LogP contribution in [0.1, 0.15) is 32.8 Å². The largest absolute Gasteiger partial charge is 0.467 e. The summed E-state index contributed by atoms with van der Waals surface area (Å²) in [6.45, 7) is 4.37. The Kier molecular flexibility index (Phi) is 5.33. The fraction of sp³-hybridized carbons (Fsp3) is 0.154. The molecule has 0 unspecified atom stereocenters. The number of pyridine rings is 2. The van der Waals surface area contributed by atoms with Gasteiger partial charge in [0.1, 0.15) is 22.5 Å². The molecule has 0 aliphatic carbocycles. The summed E-state index contributed by atoms with van der Waals surface area (Å²) in [5.74, 6) is 0.131. The minimum atomic E-state index is -0.463. The number of fused-ring (bicyclic) bond motifs is 2. The highest BCUT2D eigenvalue weighted by Crippen LogP contribution is 2.14. The lowest BCUT2D eigenvalue weighted by Crippen LogP contribution is -2.35. The molecule has 1 amide bonds. The zero-order valence-corrected chi connectivity index (χ0v) is 18.8. The minimum absolute atomic E-state index is 0.0200. The average molecular weight is 454 g/mol. The van der Waals surface area contributed by atoms with Crippen molar-refractivity contribution in [3.05, 3.63) is 111 Å². The van der Waals surface area contributed by atoms with Gasteiger partial charge in [-0.15, -0.1) is 0 Å². The number of nitrogens with zero attached hydrogens (tertiary/aromatic N) is 3. The molecule has 0 aliphatic rings. The van der Waals surface area contributed by atoms with Gasteiger partial charge in [0.25, 0.3) is 11.5 Å². The Labute approximate surface area is 194 Å². The van der Waals surface area contributed by atoms with Crippen LogP contribution in [0.25, 0.3) is 16.7 Å². The molecule has 0 spiro atoms. The van der Waals surface area contributed by atoms with E-state index in [9.17, 15) is 9.59 Å². The Hall–Kier alpha value is -4.46. The van der Waals surface area contributed by atoms with Crippen molar-refractivity contribution in [3.63, 3.8) is 0 Å². The lowest BCUT2D eigenvalue weighted by atomic mass is 10.1. The summed E-state index contributed by atoms with van der Waals surface area (Å²) >= 11 is 0. The van der Waals surface area contributed by atoms with Gasteiger partial charge in [-0.2, -0.15) is 0 Å². The number of aryl methyl sites for hydroxylation is 2. The van der Waals surface area contributed by atoms with Crippen molar-refractivity contribution in [3.8, 4) is 0 Å². The molecule has 5 aromatic rings. The van der Waals surface area contributed by atoms with E-state index >= 15 is 0 Å². The number of aromatic nitrogens is 3. The summed E-state index contributed by atoms with van der Waals surface area (Å²) in [5, 5.41) is 11.9. The van der Waals surface area contributed by atoms with Crippen LogP contribution in [-0.4, -0.2) is 19.9 Å².